The van der Waals surface area contributed by atoms with Crippen molar-refractivity contribution in [2.45, 2.75) is 45.4 Å². The van der Waals surface area contributed by atoms with Gasteiger partial charge in [0.1, 0.15) is 5.75 Å². The van der Waals surface area contributed by atoms with E-state index in [9.17, 15) is 14.4 Å². The summed E-state index contributed by atoms with van der Waals surface area (Å²) in [6.45, 7) is 2.83. The Morgan fingerprint density at radius 2 is 1.70 bits per heavy atom. The van der Waals surface area contributed by atoms with Crippen LogP contribution in [0.2, 0.25) is 0 Å². The average molecular weight is 453 g/mol. The number of carbonyl (C=O) groups is 2. The molecule has 2 amide bonds. The zero-order valence-electron chi connectivity index (χ0n) is 18.6. The third kappa shape index (κ3) is 6.43. The van der Waals surface area contributed by atoms with Crippen LogP contribution in [0.25, 0.3) is 11.0 Å². The van der Waals surface area contributed by atoms with Crippen LogP contribution in [0.4, 0.5) is 5.69 Å². The predicted molar refractivity (Wildman–Crippen MR) is 125 cm³/mol. The highest BCUT2D eigenvalue weighted by molar-refractivity contribution is 6.08. The van der Waals surface area contributed by atoms with Gasteiger partial charge in [0.15, 0.2) is 16.8 Å². The number of carbonyl (C=O) groups excluding carboxylic acids is 2. The zero-order valence-corrected chi connectivity index (χ0v) is 18.6. The minimum atomic E-state index is -0.966. The fourth-order valence-corrected chi connectivity index (χ4v) is 3.41. The van der Waals surface area contributed by atoms with Crippen molar-refractivity contribution in [3.05, 3.63) is 70.1 Å². The van der Waals surface area contributed by atoms with Gasteiger partial charge in [0.05, 0.1) is 17.7 Å². The molecule has 0 saturated carbocycles. The lowest BCUT2D eigenvalue weighted by molar-refractivity contribution is 0.0676. The van der Waals surface area contributed by atoms with Gasteiger partial charge >= 0.3 is 5.91 Å². The number of unbranched alkanes of at least 4 members (excludes halogenated alkanes) is 5. The molecule has 8 heteroatoms. The number of hydrogen-bond acceptors (Lipinski definition) is 6. The van der Waals surface area contributed by atoms with Gasteiger partial charge in [-0.1, -0.05) is 45.1 Å². The first-order valence-electron chi connectivity index (χ1n) is 11.1. The molecule has 0 radical (unpaired) electrons. The Morgan fingerprint density at radius 3 is 2.42 bits per heavy atom. The maximum atomic E-state index is 12.7. The summed E-state index contributed by atoms with van der Waals surface area (Å²) in [7, 11) is 0. The molecule has 0 spiro atoms. The summed E-state index contributed by atoms with van der Waals surface area (Å²) in [5.41, 5.74) is 1.61. The zero-order chi connectivity index (χ0) is 23.6. The quantitative estimate of drug-likeness (QED) is 0.216. The van der Waals surface area contributed by atoms with Crippen LogP contribution in [0, 0.1) is 0 Å². The molecule has 0 fully saturated rings. The van der Waals surface area contributed by atoms with E-state index in [1.54, 1.807) is 36.4 Å². The number of benzene rings is 2. The maximum Gasteiger partial charge on any atom is 0.310 e. The van der Waals surface area contributed by atoms with Crippen molar-refractivity contribution in [1.29, 1.82) is 0 Å². The fraction of sp³-hybridized carbons (Fsp3) is 0.320. The second-order valence-electron chi connectivity index (χ2n) is 7.69. The molecule has 0 bridgehead atoms. The summed E-state index contributed by atoms with van der Waals surface area (Å²) in [6.07, 6.45) is 7.12. The molecule has 0 unspecified atom stereocenters. The third-order valence-electron chi connectivity index (χ3n) is 5.21. The van der Waals surface area contributed by atoms with Gasteiger partial charge in [-0.2, -0.15) is 0 Å². The number of ether oxygens (including phenoxy) is 1. The number of hydrogen-bond donors (Lipinski definition) is 3. The number of anilines is 1. The highest BCUT2D eigenvalue weighted by atomic mass is 16.5. The van der Waals surface area contributed by atoms with Crippen molar-refractivity contribution in [2.75, 3.05) is 11.9 Å². The Hall–Kier alpha value is -3.65. The molecule has 3 aromatic rings. The minimum Gasteiger partial charge on any atom is -0.494 e. The number of hydroxylamine groups is 1. The van der Waals surface area contributed by atoms with E-state index >= 15 is 0 Å². The Balaban J connectivity index is 1.65. The summed E-state index contributed by atoms with van der Waals surface area (Å²) >= 11 is 0. The number of para-hydroxylation sites is 1. The topological polar surface area (TPSA) is 118 Å². The van der Waals surface area contributed by atoms with Crippen molar-refractivity contribution >= 4 is 28.5 Å². The molecule has 3 rings (SSSR count). The maximum absolute atomic E-state index is 12.7. The van der Waals surface area contributed by atoms with Crippen LogP contribution >= 0.6 is 0 Å². The van der Waals surface area contributed by atoms with Crippen molar-refractivity contribution < 1.29 is 24.0 Å². The van der Waals surface area contributed by atoms with E-state index in [0.717, 1.165) is 18.9 Å². The Kier molecular flexibility index (Phi) is 8.60. The first-order valence-corrected chi connectivity index (χ1v) is 11.1. The van der Waals surface area contributed by atoms with Gasteiger partial charge in [0, 0.05) is 11.6 Å². The van der Waals surface area contributed by atoms with Crippen LogP contribution in [0.3, 0.4) is 0 Å². The SMILES string of the molecule is CCCCCCCCOc1ccc(C(=O)Nc2cccc3c(=O)cc(C(=O)NO)oc23)cc1. The number of fused-ring (bicyclic) bond motifs is 1. The van der Waals surface area contributed by atoms with Crippen LogP contribution in [-0.4, -0.2) is 23.6 Å². The fourth-order valence-electron chi connectivity index (χ4n) is 3.41. The van der Waals surface area contributed by atoms with Crippen LogP contribution in [0.15, 0.2) is 57.7 Å². The molecule has 0 aliphatic heterocycles. The molecule has 0 saturated heterocycles. The molecule has 1 aromatic heterocycles. The summed E-state index contributed by atoms with van der Waals surface area (Å²) in [6, 6.07) is 12.4. The third-order valence-corrected chi connectivity index (χ3v) is 5.21. The second kappa shape index (κ2) is 11.8. The summed E-state index contributed by atoms with van der Waals surface area (Å²) in [4.78, 5) is 36.7. The number of amides is 2. The van der Waals surface area contributed by atoms with Crippen LogP contribution in [0.1, 0.15) is 66.4 Å². The van der Waals surface area contributed by atoms with Crippen molar-refractivity contribution in [3.8, 4) is 5.75 Å². The molecule has 1 heterocycles. The van der Waals surface area contributed by atoms with E-state index in [2.05, 4.69) is 12.2 Å². The lowest BCUT2D eigenvalue weighted by atomic mass is 10.1. The monoisotopic (exact) mass is 452 g/mol. The Morgan fingerprint density at radius 1 is 0.970 bits per heavy atom. The molecular formula is C25H28N2O6. The summed E-state index contributed by atoms with van der Waals surface area (Å²) in [5.74, 6) is -1.06. The molecule has 2 aromatic carbocycles. The first kappa shape index (κ1) is 24.0. The lowest BCUT2D eigenvalue weighted by Gasteiger charge is -2.10. The van der Waals surface area contributed by atoms with Crippen molar-refractivity contribution in [2.24, 2.45) is 0 Å². The molecule has 0 aliphatic rings. The number of nitrogens with one attached hydrogen (secondary N) is 2. The van der Waals surface area contributed by atoms with Crippen LogP contribution in [-0.2, 0) is 0 Å². The smallest absolute Gasteiger partial charge is 0.310 e. The van der Waals surface area contributed by atoms with Crippen molar-refractivity contribution in [3.63, 3.8) is 0 Å². The first-order chi connectivity index (χ1) is 16.0. The van der Waals surface area contributed by atoms with E-state index in [1.165, 1.54) is 37.2 Å². The molecule has 0 atom stereocenters. The Bertz CT molecular complexity index is 1150. The van der Waals surface area contributed by atoms with Gasteiger partial charge in [0.2, 0.25) is 0 Å². The van der Waals surface area contributed by atoms with Gasteiger partial charge in [-0.05, 0) is 42.8 Å². The van der Waals surface area contributed by atoms with Gasteiger partial charge in [-0.15, -0.1) is 0 Å². The minimum absolute atomic E-state index is 0.0378. The van der Waals surface area contributed by atoms with Crippen LogP contribution < -0.4 is 21.0 Å². The summed E-state index contributed by atoms with van der Waals surface area (Å²) in [5, 5.41) is 11.7. The Labute approximate surface area is 191 Å². The van der Waals surface area contributed by atoms with Gasteiger partial charge in [-0.3, -0.25) is 19.6 Å². The van der Waals surface area contributed by atoms with E-state index in [4.69, 9.17) is 14.4 Å². The molecule has 3 N–H and O–H groups in total. The molecule has 0 aliphatic carbocycles. The predicted octanol–water partition coefficient (Wildman–Crippen LogP) is 4.90. The molecule has 8 nitrogen and oxygen atoms in total. The van der Waals surface area contributed by atoms with E-state index in [1.807, 2.05) is 0 Å². The van der Waals surface area contributed by atoms with Crippen molar-refractivity contribution in [1.82, 2.24) is 5.48 Å². The normalized spacial score (nSPS) is 10.7. The summed E-state index contributed by atoms with van der Waals surface area (Å²) < 4.78 is 11.2. The average Bonchev–Trinajstić information content (AvgIpc) is 2.83. The van der Waals surface area contributed by atoms with Gasteiger partial charge in [-0.25, -0.2) is 5.48 Å². The highest BCUT2D eigenvalue weighted by Crippen LogP contribution is 2.23. The van der Waals surface area contributed by atoms with E-state index in [0.29, 0.717) is 17.9 Å². The number of rotatable bonds is 11. The highest BCUT2D eigenvalue weighted by Gasteiger charge is 2.16. The standard InChI is InChI=1S/C25H28N2O6/c1-2-3-4-5-6-7-15-32-18-13-11-17(12-14-18)24(29)26-20-10-8-9-19-21(28)16-22(25(30)27-31)33-23(19)20/h8-14,16,31H,2-7,15H2,1H3,(H,26,29)(H,27,30). The molecule has 174 valence electrons. The van der Waals surface area contributed by atoms with Gasteiger partial charge < -0.3 is 14.5 Å². The largest absolute Gasteiger partial charge is 0.494 e. The van der Waals surface area contributed by atoms with E-state index < -0.39 is 17.2 Å². The van der Waals surface area contributed by atoms with Gasteiger partial charge in [0.25, 0.3) is 5.91 Å². The molecule has 33 heavy (non-hydrogen) atoms. The molecular weight excluding hydrogens is 424 g/mol. The van der Waals surface area contributed by atoms with E-state index in [-0.39, 0.29) is 22.4 Å². The lowest BCUT2D eigenvalue weighted by Crippen LogP contribution is -2.20. The van der Waals surface area contributed by atoms with Crippen LogP contribution in [0.5, 0.6) is 5.75 Å². The second-order valence-corrected chi connectivity index (χ2v) is 7.69.